The highest BCUT2D eigenvalue weighted by Crippen LogP contribution is 2.09. The van der Waals surface area contributed by atoms with Crippen LogP contribution in [0.5, 0.6) is 0 Å². The molecule has 0 spiro atoms. The van der Waals surface area contributed by atoms with Crippen LogP contribution in [-0.2, 0) is 9.53 Å². The van der Waals surface area contributed by atoms with Crippen molar-refractivity contribution in [3.05, 3.63) is 11.8 Å². The van der Waals surface area contributed by atoms with Crippen molar-refractivity contribution in [1.29, 1.82) is 0 Å². The Hall–Kier alpha value is -1.12. The van der Waals surface area contributed by atoms with Gasteiger partial charge in [-0.1, -0.05) is 6.08 Å². The fraction of sp³-hybridized carbons (Fsp3) is 0.500. The van der Waals surface area contributed by atoms with Gasteiger partial charge in [-0.25, -0.2) is 4.79 Å². The van der Waals surface area contributed by atoms with Gasteiger partial charge in [-0.2, -0.15) is 0 Å². The molecule has 0 atom stereocenters. The van der Waals surface area contributed by atoms with Crippen LogP contribution in [0.2, 0.25) is 0 Å². The van der Waals surface area contributed by atoms with E-state index in [1.54, 1.807) is 6.92 Å². The zero-order valence-electron chi connectivity index (χ0n) is 6.76. The Morgan fingerprint density at radius 2 is 2.55 bits per heavy atom. The summed E-state index contributed by atoms with van der Waals surface area (Å²) in [5, 5.41) is 0. The molecule has 0 fully saturated rings. The van der Waals surface area contributed by atoms with E-state index in [0.717, 1.165) is 5.70 Å². The molecule has 1 heterocycles. The number of esters is 1. The van der Waals surface area contributed by atoms with Crippen molar-refractivity contribution in [3.8, 4) is 0 Å². The average molecular weight is 153 g/mol. The van der Waals surface area contributed by atoms with E-state index in [2.05, 4.69) is 4.99 Å². The number of allylic oxidation sites excluding steroid dienone is 2. The fourth-order valence-corrected chi connectivity index (χ4v) is 0.892. The minimum Gasteiger partial charge on any atom is -0.461 e. The largest absolute Gasteiger partial charge is 0.461 e. The number of carbonyl (C=O) groups excluding carboxylic acids is 1. The van der Waals surface area contributed by atoms with Crippen LogP contribution in [0.15, 0.2) is 16.8 Å². The van der Waals surface area contributed by atoms with Gasteiger partial charge in [-0.3, -0.25) is 4.99 Å². The molecule has 3 heteroatoms. The molecule has 0 aromatic carbocycles. The van der Waals surface area contributed by atoms with E-state index < -0.39 is 0 Å². The van der Waals surface area contributed by atoms with Crippen LogP contribution in [0.25, 0.3) is 0 Å². The normalized spacial score (nSPS) is 15.8. The van der Waals surface area contributed by atoms with Gasteiger partial charge in [0.2, 0.25) is 0 Å². The van der Waals surface area contributed by atoms with Gasteiger partial charge >= 0.3 is 5.97 Å². The molecule has 0 N–H and O–H groups in total. The van der Waals surface area contributed by atoms with Crippen LogP contribution in [0.3, 0.4) is 0 Å². The van der Waals surface area contributed by atoms with Gasteiger partial charge in [-0.05, 0) is 13.8 Å². The molecular weight excluding hydrogens is 142 g/mol. The Labute approximate surface area is 65.8 Å². The number of carbonyl (C=O) groups is 1. The standard InChI is InChI=1S/C8H11NO2/c1-3-11-8(10)7-5-4-6(2)9-7/h4H,3,5H2,1-2H3. The van der Waals surface area contributed by atoms with Crippen molar-refractivity contribution in [3.63, 3.8) is 0 Å². The molecule has 0 radical (unpaired) electrons. The predicted octanol–water partition coefficient (Wildman–Crippen LogP) is 1.30. The first kappa shape index (κ1) is 7.98. The number of rotatable bonds is 2. The van der Waals surface area contributed by atoms with Crippen molar-refractivity contribution < 1.29 is 9.53 Å². The van der Waals surface area contributed by atoms with Gasteiger partial charge in [0, 0.05) is 12.1 Å². The molecule has 60 valence electrons. The molecule has 11 heavy (non-hydrogen) atoms. The predicted molar refractivity (Wildman–Crippen MR) is 42.4 cm³/mol. The Bertz CT molecular complexity index is 228. The summed E-state index contributed by atoms with van der Waals surface area (Å²) in [5.74, 6) is -0.291. The number of aliphatic imine (C=N–C) groups is 1. The lowest BCUT2D eigenvalue weighted by molar-refractivity contribution is -0.135. The van der Waals surface area contributed by atoms with Crippen molar-refractivity contribution in [2.45, 2.75) is 20.3 Å². The van der Waals surface area contributed by atoms with Crippen molar-refractivity contribution in [1.82, 2.24) is 0 Å². The second kappa shape index (κ2) is 3.32. The minimum atomic E-state index is -0.291. The lowest BCUT2D eigenvalue weighted by atomic mass is 10.3. The highest BCUT2D eigenvalue weighted by molar-refractivity contribution is 6.37. The third kappa shape index (κ3) is 1.90. The number of hydrogen-bond acceptors (Lipinski definition) is 3. The maximum Gasteiger partial charge on any atom is 0.352 e. The lowest BCUT2D eigenvalue weighted by Crippen LogP contribution is -2.15. The number of nitrogens with zero attached hydrogens (tertiary/aromatic N) is 1. The number of ether oxygens (including phenoxy) is 1. The summed E-state index contributed by atoms with van der Waals surface area (Å²) in [4.78, 5) is 15.0. The molecule has 1 aliphatic rings. The molecule has 0 saturated heterocycles. The summed E-state index contributed by atoms with van der Waals surface area (Å²) in [5.41, 5.74) is 1.41. The molecule has 3 nitrogen and oxygen atoms in total. The molecule has 0 amide bonds. The van der Waals surface area contributed by atoms with Gasteiger partial charge in [0.15, 0.2) is 0 Å². The molecule has 1 rings (SSSR count). The van der Waals surface area contributed by atoms with Crippen molar-refractivity contribution in [2.75, 3.05) is 6.61 Å². The van der Waals surface area contributed by atoms with Crippen LogP contribution in [0.1, 0.15) is 20.3 Å². The lowest BCUT2D eigenvalue weighted by Gasteiger charge is -1.98. The number of hydrogen-bond donors (Lipinski definition) is 0. The van der Waals surface area contributed by atoms with E-state index in [9.17, 15) is 4.79 Å². The quantitative estimate of drug-likeness (QED) is 0.561. The van der Waals surface area contributed by atoms with Crippen LogP contribution in [0.4, 0.5) is 0 Å². The van der Waals surface area contributed by atoms with Gasteiger partial charge in [-0.15, -0.1) is 0 Å². The molecule has 0 bridgehead atoms. The van der Waals surface area contributed by atoms with Crippen molar-refractivity contribution in [2.24, 2.45) is 4.99 Å². The van der Waals surface area contributed by atoms with Crippen LogP contribution < -0.4 is 0 Å². The van der Waals surface area contributed by atoms with Gasteiger partial charge < -0.3 is 4.74 Å². The van der Waals surface area contributed by atoms with Crippen LogP contribution in [-0.4, -0.2) is 18.3 Å². The highest BCUT2D eigenvalue weighted by Gasteiger charge is 2.14. The first-order valence-corrected chi connectivity index (χ1v) is 3.65. The van der Waals surface area contributed by atoms with Crippen molar-refractivity contribution >= 4 is 11.7 Å². The third-order valence-electron chi connectivity index (χ3n) is 1.41. The Balaban J connectivity index is 2.52. The summed E-state index contributed by atoms with van der Waals surface area (Å²) >= 11 is 0. The minimum absolute atomic E-state index is 0.291. The van der Waals surface area contributed by atoms with E-state index in [1.165, 1.54) is 0 Å². The fourth-order valence-electron chi connectivity index (χ4n) is 0.892. The van der Waals surface area contributed by atoms with Crippen LogP contribution in [0, 0.1) is 0 Å². The SMILES string of the molecule is CCOC(=O)C1=NC(C)=CC1. The maximum atomic E-state index is 11.0. The van der Waals surface area contributed by atoms with E-state index in [-0.39, 0.29) is 5.97 Å². The second-order valence-electron chi connectivity index (χ2n) is 2.33. The summed E-state index contributed by atoms with van der Waals surface area (Å²) in [6.45, 7) is 4.07. The van der Waals surface area contributed by atoms with E-state index in [0.29, 0.717) is 18.7 Å². The molecule has 0 aromatic heterocycles. The average Bonchev–Trinajstić information content (AvgIpc) is 2.36. The topological polar surface area (TPSA) is 38.7 Å². The Kier molecular flexibility index (Phi) is 2.41. The third-order valence-corrected chi connectivity index (χ3v) is 1.41. The molecular formula is C8H11NO2. The van der Waals surface area contributed by atoms with E-state index in [4.69, 9.17) is 4.74 Å². The highest BCUT2D eigenvalue weighted by atomic mass is 16.5. The molecule has 0 saturated carbocycles. The molecule has 1 aliphatic heterocycles. The Morgan fingerprint density at radius 3 is 3.00 bits per heavy atom. The van der Waals surface area contributed by atoms with Gasteiger partial charge in [0.1, 0.15) is 5.71 Å². The summed E-state index contributed by atoms with van der Waals surface area (Å²) in [6.07, 6.45) is 2.52. The summed E-state index contributed by atoms with van der Waals surface area (Å²) < 4.78 is 4.77. The van der Waals surface area contributed by atoms with Crippen LogP contribution >= 0.6 is 0 Å². The molecule has 0 unspecified atom stereocenters. The molecule has 0 aliphatic carbocycles. The van der Waals surface area contributed by atoms with Gasteiger partial charge in [0.05, 0.1) is 6.61 Å². The first-order valence-electron chi connectivity index (χ1n) is 3.65. The first-order chi connectivity index (χ1) is 5.24. The smallest absolute Gasteiger partial charge is 0.352 e. The van der Waals surface area contributed by atoms with Gasteiger partial charge in [0.25, 0.3) is 0 Å². The van der Waals surface area contributed by atoms with E-state index in [1.807, 2.05) is 13.0 Å². The Morgan fingerprint density at radius 1 is 1.82 bits per heavy atom. The summed E-state index contributed by atoms with van der Waals surface area (Å²) in [6, 6.07) is 0. The monoisotopic (exact) mass is 153 g/mol. The zero-order chi connectivity index (χ0) is 8.27. The van der Waals surface area contributed by atoms with E-state index >= 15 is 0 Å². The molecule has 0 aromatic rings. The summed E-state index contributed by atoms with van der Waals surface area (Å²) in [7, 11) is 0. The maximum absolute atomic E-state index is 11.0. The second-order valence-corrected chi connectivity index (χ2v) is 2.33. The zero-order valence-corrected chi connectivity index (χ0v) is 6.76.